The van der Waals surface area contributed by atoms with Gasteiger partial charge >= 0.3 is 0 Å². The van der Waals surface area contributed by atoms with Crippen molar-refractivity contribution in [2.45, 2.75) is 19.8 Å². The Balaban J connectivity index is 2.07. The first-order chi connectivity index (χ1) is 9.16. The molecule has 0 fully saturated rings. The monoisotopic (exact) mass is 260 g/mol. The molecule has 2 N–H and O–H groups in total. The maximum Gasteiger partial charge on any atom is 0.172 e. The molecule has 5 nitrogen and oxygen atoms in total. The van der Waals surface area contributed by atoms with Gasteiger partial charge in [-0.2, -0.15) is 0 Å². The number of hydrogen-bond acceptors (Lipinski definition) is 5. The van der Waals surface area contributed by atoms with Crippen molar-refractivity contribution in [1.82, 2.24) is 5.16 Å². The van der Waals surface area contributed by atoms with Crippen LogP contribution in [-0.4, -0.2) is 18.4 Å². The predicted molar refractivity (Wildman–Crippen MR) is 71.4 cm³/mol. The highest BCUT2D eigenvalue weighted by atomic mass is 16.6. The van der Waals surface area contributed by atoms with Gasteiger partial charge in [-0.1, -0.05) is 19.0 Å². The number of nitrogens with zero attached hydrogens (tertiary/aromatic N) is 1. The Hall–Kier alpha value is -2.17. The standard InChI is InChI=1S/C14H16N2O3/c1-8(2)12-13(19-16-14(12)15)9-3-4-10-11(7-9)18-6-5-17-10/h3-4,7-8H,5-6H2,1-2H3,(H2,15,16). The van der Waals surface area contributed by atoms with Crippen molar-refractivity contribution in [3.63, 3.8) is 0 Å². The minimum atomic E-state index is 0.245. The molecule has 0 bridgehead atoms. The molecule has 1 aliphatic heterocycles. The van der Waals surface area contributed by atoms with Crippen LogP contribution >= 0.6 is 0 Å². The number of nitrogen functional groups attached to an aromatic ring is 1. The number of aromatic nitrogens is 1. The van der Waals surface area contributed by atoms with E-state index < -0.39 is 0 Å². The fraction of sp³-hybridized carbons (Fsp3) is 0.357. The number of fused-ring (bicyclic) bond motifs is 1. The third-order valence-electron chi connectivity index (χ3n) is 3.14. The Morgan fingerprint density at radius 2 is 1.89 bits per heavy atom. The maximum absolute atomic E-state index is 5.86. The number of rotatable bonds is 2. The molecule has 2 heterocycles. The van der Waals surface area contributed by atoms with E-state index in [4.69, 9.17) is 19.7 Å². The largest absolute Gasteiger partial charge is 0.486 e. The van der Waals surface area contributed by atoms with Gasteiger partial charge in [-0.15, -0.1) is 0 Å². The second-order valence-electron chi connectivity index (χ2n) is 4.82. The van der Waals surface area contributed by atoms with Gasteiger partial charge in [0, 0.05) is 11.1 Å². The minimum Gasteiger partial charge on any atom is -0.486 e. The molecule has 2 aromatic rings. The zero-order valence-corrected chi connectivity index (χ0v) is 11.0. The van der Waals surface area contributed by atoms with Crippen molar-refractivity contribution >= 4 is 5.82 Å². The van der Waals surface area contributed by atoms with Crippen LogP contribution in [0.2, 0.25) is 0 Å². The van der Waals surface area contributed by atoms with Gasteiger partial charge in [0.25, 0.3) is 0 Å². The zero-order chi connectivity index (χ0) is 13.4. The summed E-state index contributed by atoms with van der Waals surface area (Å²) < 4.78 is 16.4. The van der Waals surface area contributed by atoms with E-state index in [1.54, 1.807) is 0 Å². The van der Waals surface area contributed by atoms with Gasteiger partial charge in [0.2, 0.25) is 0 Å². The molecule has 0 aliphatic carbocycles. The second-order valence-corrected chi connectivity index (χ2v) is 4.82. The van der Waals surface area contributed by atoms with Crippen molar-refractivity contribution in [1.29, 1.82) is 0 Å². The summed E-state index contributed by atoms with van der Waals surface area (Å²) in [5.41, 5.74) is 7.68. The van der Waals surface area contributed by atoms with Crippen LogP contribution in [0.1, 0.15) is 25.3 Å². The van der Waals surface area contributed by atoms with Gasteiger partial charge in [0.05, 0.1) is 0 Å². The molecule has 1 aromatic heterocycles. The van der Waals surface area contributed by atoms with Crippen LogP contribution in [0.15, 0.2) is 22.7 Å². The van der Waals surface area contributed by atoms with Crippen LogP contribution in [0, 0.1) is 0 Å². The van der Waals surface area contributed by atoms with Crippen molar-refractivity contribution in [2.75, 3.05) is 18.9 Å². The highest BCUT2D eigenvalue weighted by Crippen LogP contribution is 2.38. The lowest BCUT2D eigenvalue weighted by molar-refractivity contribution is 0.171. The smallest absolute Gasteiger partial charge is 0.172 e. The summed E-state index contributed by atoms with van der Waals surface area (Å²) >= 11 is 0. The summed E-state index contributed by atoms with van der Waals surface area (Å²) in [6.07, 6.45) is 0. The third kappa shape index (κ3) is 2.01. The molecule has 100 valence electrons. The van der Waals surface area contributed by atoms with E-state index in [-0.39, 0.29) is 5.92 Å². The van der Waals surface area contributed by atoms with Gasteiger partial charge < -0.3 is 19.7 Å². The fourth-order valence-corrected chi connectivity index (χ4v) is 2.26. The fourth-order valence-electron chi connectivity index (χ4n) is 2.26. The molecule has 1 aliphatic rings. The maximum atomic E-state index is 5.86. The molecule has 0 amide bonds. The van der Waals surface area contributed by atoms with Crippen LogP contribution in [0.3, 0.4) is 0 Å². The quantitative estimate of drug-likeness (QED) is 0.899. The Morgan fingerprint density at radius 1 is 1.16 bits per heavy atom. The normalized spacial score (nSPS) is 13.8. The predicted octanol–water partition coefficient (Wildman–Crippen LogP) is 2.82. The van der Waals surface area contributed by atoms with Crippen LogP contribution in [0.4, 0.5) is 5.82 Å². The minimum absolute atomic E-state index is 0.245. The Bertz CT molecular complexity index is 605. The molecule has 19 heavy (non-hydrogen) atoms. The molecular weight excluding hydrogens is 244 g/mol. The second kappa shape index (κ2) is 4.50. The van der Waals surface area contributed by atoms with E-state index in [0.717, 1.165) is 22.6 Å². The Labute approximate surface area is 111 Å². The van der Waals surface area contributed by atoms with Crippen molar-refractivity contribution in [2.24, 2.45) is 0 Å². The summed E-state index contributed by atoms with van der Waals surface area (Å²) in [5.74, 6) is 2.88. The average molecular weight is 260 g/mol. The first kappa shape index (κ1) is 11.9. The van der Waals surface area contributed by atoms with Crippen LogP contribution in [-0.2, 0) is 0 Å². The molecule has 0 saturated carbocycles. The third-order valence-corrected chi connectivity index (χ3v) is 3.14. The van der Waals surface area contributed by atoms with E-state index in [1.165, 1.54) is 0 Å². The molecule has 3 rings (SSSR count). The molecular formula is C14H16N2O3. The van der Waals surface area contributed by atoms with Crippen molar-refractivity contribution < 1.29 is 14.0 Å². The first-order valence-electron chi connectivity index (χ1n) is 6.32. The van der Waals surface area contributed by atoms with E-state index in [9.17, 15) is 0 Å². The van der Waals surface area contributed by atoms with E-state index >= 15 is 0 Å². The SMILES string of the molecule is CC(C)c1c(N)noc1-c1ccc2c(c1)OCCO2. The molecule has 0 spiro atoms. The van der Waals surface area contributed by atoms with E-state index in [0.29, 0.717) is 24.8 Å². The molecule has 0 saturated heterocycles. The van der Waals surface area contributed by atoms with Gasteiger partial charge in [-0.25, -0.2) is 0 Å². The Morgan fingerprint density at radius 3 is 2.63 bits per heavy atom. The number of anilines is 1. The Kier molecular flexibility index (Phi) is 2.81. The van der Waals surface area contributed by atoms with E-state index in [2.05, 4.69) is 19.0 Å². The number of nitrogens with two attached hydrogens (primary N) is 1. The van der Waals surface area contributed by atoms with Crippen LogP contribution < -0.4 is 15.2 Å². The number of ether oxygens (including phenoxy) is 2. The van der Waals surface area contributed by atoms with Gasteiger partial charge in [0.1, 0.15) is 13.2 Å². The van der Waals surface area contributed by atoms with Crippen molar-refractivity contribution in [3.05, 3.63) is 23.8 Å². The average Bonchev–Trinajstić information content (AvgIpc) is 2.80. The lowest BCUT2D eigenvalue weighted by atomic mass is 9.99. The molecule has 1 aromatic carbocycles. The first-order valence-corrected chi connectivity index (χ1v) is 6.32. The summed E-state index contributed by atoms with van der Waals surface area (Å²) in [6.45, 7) is 5.26. The van der Waals surface area contributed by atoms with Gasteiger partial charge in [-0.05, 0) is 24.1 Å². The summed E-state index contributed by atoms with van der Waals surface area (Å²) in [4.78, 5) is 0. The molecule has 5 heteroatoms. The summed E-state index contributed by atoms with van der Waals surface area (Å²) in [5, 5.41) is 3.86. The van der Waals surface area contributed by atoms with Crippen LogP contribution in [0.25, 0.3) is 11.3 Å². The summed E-state index contributed by atoms with van der Waals surface area (Å²) in [7, 11) is 0. The molecule has 0 atom stereocenters. The lowest BCUT2D eigenvalue weighted by Gasteiger charge is -2.18. The molecule has 0 radical (unpaired) electrons. The zero-order valence-electron chi connectivity index (χ0n) is 11.0. The summed E-state index contributed by atoms with van der Waals surface area (Å²) in [6, 6.07) is 5.71. The van der Waals surface area contributed by atoms with Gasteiger partial charge in [-0.3, -0.25) is 0 Å². The topological polar surface area (TPSA) is 70.5 Å². The highest BCUT2D eigenvalue weighted by Gasteiger charge is 2.20. The van der Waals surface area contributed by atoms with Crippen molar-refractivity contribution in [3.8, 4) is 22.8 Å². The van der Waals surface area contributed by atoms with Crippen LogP contribution in [0.5, 0.6) is 11.5 Å². The van der Waals surface area contributed by atoms with Gasteiger partial charge in [0.15, 0.2) is 23.1 Å². The highest BCUT2D eigenvalue weighted by molar-refractivity contribution is 5.69. The molecule has 0 unspecified atom stereocenters. The lowest BCUT2D eigenvalue weighted by Crippen LogP contribution is -2.15. The number of benzene rings is 1. The van der Waals surface area contributed by atoms with E-state index in [1.807, 2.05) is 18.2 Å². The number of hydrogen-bond donors (Lipinski definition) is 1.